The van der Waals surface area contributed by atoms with E-state index in [0.29, 0.717) is 5.41 Å². The van der Waals surface area contributed by atoms with Crippen LogP contribution in [0.5, 0.6) is 0 Å². The summed E-state index contributed by atoms with van der Waals surface area (Å²) in [6.45, 7) is 1.12. The predicted molar refractivity (Wildman–Crippen MR) is 79.8 cm³/mol. The smallest absolute Gasteiger partial charge is 0.0459 e. The summed E-state index contributed by atoms with van der Waals surface area (Å²) in [5.41, 5.74) is 6.42. The second-order valence-corrected chi connectivity index (χ2v) is 6.36. The van der Waals surface area contributed by atoms with E-state index in [0.717, 1.165) is 6.54 Å². The maximum absolute atomic E-state index is 3.63. The molecular weight excluding hydrogens is 232 g/mol. The Morgan fingerprint density at radius 1 is 1.21 bits per heavy atom. The van der Waals surface area contributed by atoms with Crippen molar-refractivity contribution >= 4 is 10.9 Å². The molecule has 1 heterocycles. The molecule has 2 N–H and O–H groups in total. The van der Waals surface area contributed by atoms with Crippen LogP contribution in [0.15, 0.2) is 18.2 Å². The number of likely N-dealkylation sites (N-methyl/N-ethyl adjacent to an activating group) is 1. The lowest BCUT2D eigenvalue weighted by molar-refractivity contribution is 0.625. The summed E-state index contributed by atoms with van der Waals surface area (Å²) in [6, 6.07) is 7.12. The van der Waals surface area contributed by atoms with Crippen molar-refractivity contribution in [3.63, 3.8) is 0 Å². The standard InChI is InChI=1S/C17H22N2/c1-18-11-17(8-9-17)12-6-7-16-14(10-12)13-4-2-3-5-15(13)19-16/h6-7,10,18-19H,2-5,8-9,11H2,1H3. The van der Waals surface area contributed by atoms with Gasteiger partial charge < -0.3 is 10.3 Å². The van der Waals surface area contributed by atoms with Gasteiger partial charge in [0.05, 0.1) is 0 Å². The normalized spacial score (nSPS) is 20.5. The van der Waals surface area contributed by atoms with Crippen LogP contribution in [-0.4, -0.2) is 18.6 Å². The third-order valence-corrected chi connectivity index (χ3v) is 5.08. The molecule has 1 saturated carbocycles. The lowest BCUT2D eigenvalue weighted by atomic mass is 9.91. The molecule has 0 aliphatic heterocycles. The van der Waals surface area contributed by atoms with Crippen molar-refractivity contribution in [2.24, 2.45) is 0 Å². The number of benzene rings is 1. The highest BCUT2D eigenvalue weighted by Crippen LogP contribution is 2.48. The summed E-state index contributed by atoms with van der Waals surface area (Å²) in [5, 5.41) is 4.86. The molecule has 1 fully saturated rings. The van der Waals surface area contributed by atoms with Gasteiger partial charge in [-0.05, 0) is 68.8 Å². The predicted octanol–water partition coefficient (Wildman–Crippen LogP) is 3.30. The molecule has 0 unspecified atom stereocenters. The molecule has 0 spiro atoms. The van der Waals surface area contributed by atoms with Crippen molar-refractivity contribution in [1.82, 2.24) is 10.3 Å². The topological polar surface area (TPSA) is 27.8 Å². The largest absolute Gasteiger partial charge is 0.358 e. The van der Waals surface area contributed by atoms with Crippen LogP contribution in [0.1, 0.15) is 42.5 Å². The summed E-state index contributed by atoms with van der Waals surface area (Å²) in [6.07, 6.45) is 7.87. The van der Waals surface area contributed by atoms with Crippen LogP contribution in [0.2, 0.25) is 0 Å². The first-order chi connectivity index (χ1) is 9.32. The van der Waals surface area contributed by atoms with E-state index >= 15 is 0 Å². The summed E-state index contributed by atoms with van der Waals surface area (Å²) >= 11 is 0. The highest BCUT2D eigenvalue weighted by Gasteiger charge is 2.43. The fourth-order valence-corrected chi connectivity index (χ4v) is 3.79. The highest BCUT2D eigenvalue weighted by molar-refractivity contribution is 5.86. The van der Waals surface area contributed by atoms with Crippen LogP contribution < -0.4 is 5.32 Å². The van der Waals surface area contributed by atoms with Crippen LogP contribution in [0.3, 0.4) is 0 Å². The number of aryl methyl sites for hydroxylation is 2. The first-order valence-corrected chi connectivity index (χ1v) is 7.61. The Hall–Kier alpha value is -1.28. The van der Waals surface area contributed by atoms with Crippen LogP contribution in [-0.2, 0) is 18.3 Å². The molecule has 2 aliphatic carbocycles. The van der Waals surface area contributed by atoms with Crippen LogP contribution in [0.25, 0.3) is 10.9 Å². The molecule has 0 bridgehead atoms. The average Bonchev–Trinajstić information content (AvgIpc) is 3.13. The zero-order valence-electron chi connectivity index (χ0n) is 11.7. The Morgan fingerprint density at radius 2 is 2.05 bits per heavy atom. The lowest BCUT2D eigenvalue weighted by Crippen LogP contribution is -2.23. The van der Waals surface area contributed by atoms with Crippen molar-refractivity contribution in [2.75, 3.05) is 13.6 Å². The van der Waals surface area contributed by atoms with Gasteiger partial charge in [0.25, 0.3) is 0 Å². The Morgan fingerprint density at radius 3 is 2.84 bits per heavy atom. The van der Waals surface area contributed by atoms with Crippen molar-refractivity contribution < 1.29 is 0 Å². The summed E-state index contributed by atoms with van der Waals surface area (Å²) in [5.74, 6) is 0. The molecule has 2 aromatic rings. The fraction of sp³-hybridized carbons (Fsp3) is 0.529. The second kappa shape index (κ2) is 4.11. The summed E-state index contributed by atoms with van der Waals surface area (Å²) in [7, 11) is 2.07. The summed E-state index contributed by atoms with van der Waals surface area (Å²) < 4.78 is 0. The lowest BCUT2D eigenvalue weighted by Gasteiger charge is -2.16. The van der Waals surface area contributed by atoms with Crippen molar-refractivity contribution in [3.05, 3.63) is 35.0 Å². The van der Waals surface area contributed by atoms with E-state index in [4.69, 9.17) is 0 Å². The number of nitrogens with one attached hydrogen (secondary N) is 2. The first-order valence-electron chi connectivity index (χ1n) is 7.61. The molecule has 1 aromatic heterocycles. The number of aromatic amines is 1. The molecule has 0 saturated heterocycles. The van der Waals surface area contributed by atoms with Gasteiger partial charge in [0.15, 0.2) is 0 Å². The van der Waals surface area contributed by atoms with Crippen LogP contribution >= 0.6 is 0 Å². The SMILES string of the molecule is CNCC1(c2ccc3[nH]c4c(c3c2)CCCC4)CC1. The summed E-state index contributed by atoms with van der Waals surface area (Å²) in [4.78, 5) is 3.63. The number of rotatable bonds is 3. The number of fused-ring (bicyclic) bond motifs is 3. The Labute approximate surface area is 114 Å². The molecule has 2 heteroatoms. The van der Waals surface area contributed by atoms with E-state index in [2.05, 4.69) is 35.5 Å². The first kappa shape index (κ1) is 11.5. The minimum Gasteiger partial charge on any atom is -0.358 e. The number of hydrogen-bond acceptors (Lipinski definition) is 1. The van der Waals surface area contributed by atoms with Crippen molar-refractivity contribution in [3.8, 4) is 0 Å². The molecule has 0 radical (unpaired) electrons. The minimum atomic E-state index is 0.432. The second-order valence-electron chi connectivity index (χ2n) is 6.36. The van der Waals surface area contributed by atoms with Crippen LogP contribution in [0.4, 0.5) is 0 Å². The van der Waals surface area contributed by atoms with Gasteiger partial charge in [-0.2, -0.15) is 0 Å². The van der Waals surface area contributed by atoms with Crippen molar-refractivity contribution in [2.45, 2.75) is 43.9 Å². The maximum Gasteiger partial charge on any atom is 0.0459 e. The van der Waals surface area contributed by atoms with E-state index in [-0.39, 0.29) is 0 Å². The van der Waals surface area contributed by atoms with Gasteiger partial charge in [-0.3, -0.25) is 0 Å². The van der Waals surface area contributed by atoms with E-state index in [1.54, 1.807) is 11.1 Å². The number of aromatic nitrogens is 1. The fourth-order valence-electron chi connectivity index (χ4n) is 3.79. The molecule has 19 heavy (non-hydrogen) atoms. The maximum atomic E-state index is 3.63. The molecule has 2 nitrogen and oxygen atoms in total. The minimum absolute atomic E-state index is 0.432. The zero-order valence-corrected chi connectivity index (χ0v) is 11.7. The third-order valence-electron chi connectivity index (χ3n) is 5.08. The highest BCUT2D eigenvalue weighted by atomic mass is 14.8. The quantitative estimate of drug-likeness (QED) is 0.864. The molecule has 4 rings (SSSR count). The van der Waals surface area contributed by atoms with Gasteiger partial charge in [-0.15, -0.1) is 0 Å². The monoisotopic (exact) mass is 254 g/mol. The molecule has 0 atom stereocenters. The van der Waals surface area contributed by atoms with E-state index in [9.17, 15) is 0 Å². The van der Waals surface area contributed by atoms with Gasteiger partial charge in [0.2, 0.25) is 0 Å². The van der Waals surface area contributed by atoms with E-state index in [1.807, 2.05) is 0 Å². The van der Waals surface area contributed by atoms with E-state index < -0.39 is 0 Å². The molecule has 1 aromatic carbocycles. The van der Waals surface area contributed by atoms with Crippen LogP contribution in [0, 0.1) is 0 Å². The third kappa shape index (κ3) is 1.73. The van der Waals surface area contributed by atoms with Crippen molar-refractivity contribution in [1.29, 1.82) is 0 Å². The number of hydrogen-bond donors (Lipinski definition) is 2. The average molecular weight is 254 g/mol. The van der Waals surface area contributed by atoms with Gasteiger partial charge >= 0.3 is 0 Å². The van der Waals surface area contributed by atoms with Gasteiger partial charge in [-0.25, -0.2) is 0 Å². The zero-order chi connectivity index (χ0) is 12.9. The Kier molecular flexibility index (Phi) is 2.49. The van der Waals surface area contributed by atoms with E-state index in [1.165, 1.54) is 55.1 Å². The Balaban J connectivity index is 1.82. The molecule has 0 amide bonds. The number of H-pyrrole nitrogens is 1. The van der Waals surface area contributed by atoms with Gasteiger partial charge in [-0.1, -0.05) is 6.07 Å². The molecule has 2 aliphatic rings. The molecular formula is C17H22N2. The van der Waals surface area contributed by atoms with Gasteiger partial charge in [0.1, 0.15) is 0 Å². The Bertz CT molecular complexity index is 619. The van der Waals surface area contributed by atoms with Gasteiger partial charge in [0, 0.05) is 28.6 Å². The molecule has 100 valence electrons.